The topological polar surface area (TPSA) is 117 Å². The van der Waals surface area contributed by atoms with Crippen LogP contribution >= 0.6 is 0 Å². The molecule has 0 saturated carbocycles. The van der Waals surface area contributed by atoms with E-state index in [4.69, 9.17) is 5.73 Å². The van der Waals surface area contributed by atoms with Gasteiger partial charge in [0.25, 0.3) is 0 Å². The average Bonchev–Trinajstić information content (AvgIpc) is 2.90. The normalized spacial score (nSPS) is 11.1. The van der Waals surface area contributed by atoms with Gasteiger partial charge in [-0.05, 0) is 0 Å². The molecule has 0 aliphatic carbocycles. The van der Waals surface area contributed by atoms with Crippen LogP contribution < -0.4 is 11.1 Å². The number of nitrogens with one attached hydrogen (secondary N) is 1. The summed E-state index contributed by atoms with van der Waals surface area (Å²) >= 11 is 0. The van der Waals surface area contributed by atoms with Crippen molar-refractivity contribution in [3.05, 3.63) is 27.6 Å². The highest BCUT2D eigenvalue weighted by molar-refractivity contribution is 5.61. The lowest BCUT2D eigenvalue weighted by molar-refractivity contribution is -0.384. The van der Waals surface area contributed by atoms with Crippen LogP contribution in [0.15, 0.2) is 6.20 Å². The van der Waals surface area contributed by atoms with Crippen molar-refractivity contribution in [3.63, 3.8) is 0 Å². The standard InChI is InChI=1S/C12H19N7O2/c1-7(2)9-10(19(20)21)12(18(4)16-9)14-5-8-6-15-17(3)11(8)13/h6-7,14H,5,13H2,1-4H3. The quantitative estimate of drug-likeness (QED) is 0.635. The molecule has 114 valence electrons. The van der Waals surface area contributed by atoms with Crippen LogP contribution in [0.3, 0.4) is 0 Å². The van der Waals surface area contributed by atoms with Gasteiger partial charge in [-0.1, -0.05) is 13.8 Å². The van der Waals surface area contributed by atoms with E-state index in [1.807, 2.05) is 13.8 Å². The maximum Gasteiger partial charge on any atom is 0.334 e. The molecule has 0 saturated heterocycles. The number of nitrogens with zero attached hydrogens (tertiary/aromatic N) is 5. The average molecular weight is 293 g/mol. The zero-order valence-electron chi connectivity index (χ0n) is 12.5. The largest absolute Gasteiger partial charge is 0.384 e. The van der Waals surface area contributed by atoms with E-state index in [-0.39, 0.29) is 11.6 Å². The molecule has 2 aromatic heterocycles. The molecule has 3 N–H and O–H groups in total. The summed E-state index contributed by atoms with van der Waals surface area (Å²) in [6, 6.07) is 0. The molecular weight excluding hydrogens is 274 g/mol. The summed E-state index contributed by atoms with van der Waals surface area (Å²) in [6.45, 7) is 4.09. The first kappa shape index (κ1) is 14.8. The molecule has 0 bridgehead atoms. The number of hydrogen-bond acceptors (Lipinski definition) is 6. The van der Waals surface area contributed by atoms with Crippen LogP contribution in [0.25, 0.3) is 0 Å². The van der Waals surface area contributed by atoms with E-state index in [0.717, 1.165) is 5.56 Å². The summed E-state index contributed by atoms with van der Waals surface area (Å²) in [5.41, 5.74) is 7.11. The van der Waals surface area contributed by atoms with Crippen molar-refractivity contribution >= 4 is 17.3 Å². The zero-order chi connectivity index (χ0) is 15.7. The fourth-order valence-corrected chi connectivity index (χ4v) is 2.11. The van der Waals surface area contributed by atoms with Crippen LogP contribution in [0.4, 0.5) is 17.3 Å². The highest BCUT2D eigenvalue weighted by atomic mass is 16.6. The van der Waals surface area contributed by atoms with E-state index in [2.05, 4.69) is 15.5 Å². The molecule has 21 heavy (non-hydrogen) atoms. The van der Waals surface area contributed by atoms with E-state index < -0.39 is 4.92 Å². The van der Waals surface area contributed by atoms with E-state index in [0.29, 0.717) is 23.9 Å². The second-order valence-corrected chi connectivity index (χ2v) is 5.15. The molecular formula is C12H19N7O2. The number of nitrogens with two attached hydrogens (primary N) is 1. The van der Waals surface area contributed by atoms with Gasteiger partial charge in [-0.3, -0.25) is 14.8 Å². The number of nitro groups is 1. The van der Waals surface area contributed by atoms with Crippen molar-refractivity contribution < 1.29 is 4.92 Å². The maximum absolute atomic E-state index is 11.3. The van der Waals surface area contributed by atoms with Gasteiger partial charge in [-0.15, -0.1) is 0 Å². The summed E-state index contributed by atoms with van der Waals surface area (Å²) in [7, 11) is 3.41. The molecule has 0 aliphatic heterocycles. The van der Waals surface area contributed by atoms with Crippen LogP contribution in [0.1, 0.15) is 31.0 Å². The van der Waals surface area contributed by atoms with Gasteiger partial charge in [0.2, 0.25) is 5.82 Å². The predicted octanol–water partition coefficient (Wildman–Crippen LogP) is 1.38. The smallest absolute Gasteiger partial charge is 0.334 e. The fourth-order valence-electron chi connectivity index (χ4n) is 2.11. The number of hydrogen-bond donors (Lipinski definition) is 2. The third kappa shape index (κ3) is 2.67. The Morgan fingerprint density at radius 2 is 2.10 bits per heavy atom. The Bertz CT molecular complexity index is 671. The molecule has 0 unspecified atom stereocenters. The summed E-state index contributed by atoms with van der Waals surface area (Å²) in [5.74, 6) is 0.860. The first-order valence-electron chi connectivity index (χ1n) is 6.54. The zero-order valence-corrected chi connectivity index (χ0v) is 12.5. The highest BCUT2D eigenvalue weighted by Gasteiger charge is 2.28. The monoisotopic (exact) mass is 293 g/mol. The Morgan fingerprint density at radius 1 is 1.43 bits per heavy atom. The van der Waals surface area contributed by atoms with E-state index in [1.165, 1.54) is 4.68 Å². The minimum Gasteiger partial charge on any atom is -0.384 e. The van der Waals surface area contributed by atoms with Gasteiger partial charge in [0, 0.05) is 32.1 Å². The minimum absolute atomic E-state index is 0.00922. The maximum atomic E-state index is 11.3. The highest BCUT2D eigenvalue weighted by Crippen LogP contribution is 2.33. The molecule has 0 aliphatic rings. The van der Waals surface area contributed by atoms with Crippen molar-refractivity contribution in [3.8, 4) is 0 Å². The van der Waals surface area contributed by atoms with Crippen molar-refractivity contribution in [2.24, 2.45) is 14.1 Å². The molecule has 2 aromatic rings. The van der Waals surface area contributed by atoms with E-state index in [1.54, 1.807) is 25.0 Å². The number of aromatic nitrogens is 4. The predicted molar refractivity (Wildman–Crippen MR) is 78.9 cm³/mol. The third-order valence-corrected chi connectivity index (χ3v) is 3.29. The molecule has 0 radical (unpaired) electrons. The molecule has 0 spiro atoms. The Hall–Kier alpha value is -2.58. The second kappa shape index (κ2) is 5.43. The van der Waals surface area contributed by atoms with Crippen molar-refractivity contribution in [2.75, 3.05) is 11.1 Å². The van der Waals surface area contributed by atoms with Gasteiger partial charge in [-0.2, -0.15) is 10.2 Å². The molecule has 9 heteroatoms. The van der Waals surface area contributed by atoms with Gasteiger partial charge < -0.3 is 11.1 Å². The summed E-state index contributed by atoms with van der Waals surface area (Å²) < 4.78 is 3.04. The minimum atomic E-state index is -0.405. The summed E-state index contributed by atoms with van der Waals surface area (Å²) in [5, 5.41) is 22.6. The van der Waals surface area contributed by atoms with Gasteiger partial charge in [0.05, 0.1) is 11.1 Å². The van der Waals surface area contributed by atoms with E-state index in [9.17, 15) is 10.1 Å². The number of nitrogen functional groups attached to an aromatic ring is 1. The van der Waals surface area contributed by atoms with Crippen molar-refractivity contribution in [2.45, 2.75) is 26.3 Å². The summed E-state index contributed by atoms with van der Waals surface area (Å²) in [6.07, 6.45) is 1.63. The number of anilines is 2. The molecule has 2 heterocycles. The summed E-state index contributed by atoms with van der Waals surface area (Å²) in [4.78, 5) is 10.9. The van der Waals surface area contributed by atoms with Gasteiger partial charge >= 0.3 is 5.69 Å². The molecule has 0 atom stereocenters. The SMILES string of the molecule is CC(C)c1nn(C)c(NCc2cnn(C)c2N)c1[N+](=O)[O-]. The first-order chi connectivity index (χ1) is 9.82. The first-order valence-corrected chi connectivity index (χ1v) is 6.54. The lowest BCUT2D eigenvalue weighted by Gasteiger charge is -2.06. The Morgan fingerprint density at radius 3 is 2.57 bits per heavy atom. The van der Waals surface area contributed by atoms with Crippen LogP contribution in [0, 0.1) is 10.1 Å². The van der Waals surface area contributed by atoms with Crippen LogP contribution in [0.5, 0.6) is 0 Å². The molecule has 2 rings (SSSR count). The van der Waals surface area contributed by atoms with Crippen molar-refractivity contribution in [1.82, 2.24) is 19.6 Å². The number of rotatable bonds is 5. The van der Waals surface area contributed by atoms with Crippen LogP contribution in [-0.2, 0) is 20.6 Å². The van der Waals surface area contributed by atoms with Crippen LogP contribution in [-0.4, -0.2) is 24.5 Å². The molecule has 0 fully saturated rings. The lowest BCUT2D eigenvalue weighted by atomic mass is 10.1. The molecule has 9 nitrogen and oxygen atoms in total. The molecule has 0 aromatic carbocycles. The number of aryl methyl sites for hydroxylation is 2. The lowest BCUT2D eigenvalue weighted by Crippen LogP contribution is -2.08. The van der Waals surface area contributed by atoms with E-state index >= 15 is 0 Å². The van der Waals surface area contributed by atoms with Crippen molar-refractivity contribution in [1.29, 1.82) is 0 Å². The van der Waals surface area contributed by atoms with Gasteiger partial charge in [-0.25, -0.2) is 4.68 Å². The Balaban J connectivity index is 2.31. The van der Waals surface area contributed by atoms with Gasteiger partial charge in [0.15, 0.2) is 0 Å². The third-order valence-electron chi connectivity index (χ3n) is 3.29. The van der Waals surface area contributed by atoms with Crippen LogP contribution in [0.2, 0.25) is 0 Å². The Labute approximate surface area is 121 Å². The Kier molecular flexibility index (Phi) is 3.83. The molecule has 0 amide bonds. The van der Waals surface area contributed by atoms with Gasteiger partial charge in [0.1, 0.15) is 11.5 Å². The fraction of sp³-hybridized carbons (Fsp3) is 0.500. The second-order valence-electron chi connectivity index (χ2n) is 5.15.